The molecule has 2 aromatic rings. The highest BCUT2D eigenvalue weighted by molar-refractivity contribution is 5.96. The minimum atomic E-state index is -0.302. The number of nitrogens with one attached hydrogen (secondary N) is 2. The number of urea groups is 1. The average molecular weight is 367 g/mol. The molecule has 6 nitrogen and oxygen atoms in total. The fourth-order valence-corrected chi connectivity index (χ4v) is 3.15. The predicted octanol–water partition coefficient (Wildman–Crippen LogP) is 3.57. The Kier molecular flexibility index (Phi) is 5.96. The number of ether oxygens (including phenoxy) is 1. The number of amides is 3. The molecule has 1 saturated heterocycles. The van der Waals surface area contributed by atoms with E-state index in [-0.39, 0.29) is 17.9 Å². The number of para-hydroxylation sites is 2. The van der Waals surface area contributed by atoms with Gasteiger partial charge in [0.05, 0.1) is 12.3 Å². The van der Waals surface area contributed by atoms with E-state index < -0.39 is 0 Å². The molecule has 0 bridgehead atoms. The lowest BCUT2D eigenvalue weighted by Gasteiger charge is -2.17. The van der Waals surface area contributed by atoms with Gasteiger partial charge in [0, 0.05) is 31.1 Å². The van der Waals surface area contributed by atoms with Crippen LogP contribution in [0.15, 0.2) is 48.5 Å². The largest absolute Gasteiger partial charge is 0.492 e. The fourth-order valence-electron chi connectivity index (χ4n) is 3.15. The first-order valence-corrected chi connectivity index (χ1v) is 9.20. The van der Waals surface area contributed by atoms with E-state index in [9.17, 15) is 9.59 Å². The summed E-state index contributed by atoms with van der Waals surface area (Å²) in [4.78, 5) is 26.3. The molecule has 3 rings (SSSR count). The zero-order valence-corrected chi connectivity index (χ0v) is 15.7. The van der Waals surface area contributed by atoms with E-state index in [1.54, 1.807) is 11.0 Å². The van der Waals surface area contributed by atoms with Crippen LogP contribution in [0.2, 0.25) is 0 Å². The Morgan fingerprint density at radius 3 is 2.67 bits per heavy atom. The predicted molar refractivity (Wildman–Crippen MR) is 106 cm³/mol. The Morgan fingerprint density at radius 1 is 1.19 bits per heavy atom. The quantitative estimate of drug-likeness (QED) is 0.820. The highest BCUT2D eigenvalue weighted by atomic mass is 16.5. The molecule has 0 saturated carbocycles. The van der Waals surface area contributed by atoms with Gasteiger partial charge in [-0.1, -0.05) is 29.8 Å². The van der Waals surface area contributed by atoms with Crippen LogP contribution in [0.4, 0.5) is 16.2 Å². The van der Waals surface area contributed by atoms with Gasteiger partial charge < -0.3 is 20.3 Å². The van der Waals surface area contributed by atoms with Gasteiger partial charge in [-0.05, 0) is 38.1 Å². The van der Waals surface area contributed by atoms with Gasteiger partial charge in [-0.3, -0.25) is 4.79 Å². The molecule has 0 aromatic heterocycles. The van der Waals surface area contributed by atoms with E-state index in [2.05, 4.69) is 10.6 Å². The molecule has 1 aliphatic heterocycles. The van der Waals surface area contributed by atoms with Gasteiger partial charge >= 0.3 is 6.03 Å². The van der Waals surface area contributed by atoms with E-state index >= 15 is 0 Å². The second-order valence-corrected chi connectivity index (χ2v) is 6.67. The van der Waals surface area contributed by atoms with Crippen molar-refractivity contribution in [3.05, 3.63) is 54.1 Å². The number of aryl methyl sites for hydroxylation is 1. The van der Waals surface area contributed by atoms with Crippen LogP contribution in [0.3, 0.4) is 0 Å². The van der Waals surface area contributed by atoms with Gasteiger partial charge in [0.25, 0.3) is 0 Å². The fraction of sp³-hybridized carbons (Fsp3) is 0.333. The van der Waals surface area contributed by atoms with Gasteiger partial charge in [-0.2, -0.15) is 0 Å². The maximum Gasteiger partial charge on any atom is 0.319 e. The first kappa shape index (κ1) is 18.8. The SMILES string of the molecule is CCOc1ccccc1NC(=O)NC[C@@H]1CC(=O)N(c2ccc(C)cc2)C1. The van der Waals surface area contributed by atoms with Crippen LogP contribution in [0.5, 0.6) is 5.75 Å². The number of anilines is 2. The number of rotatable bonds is 6. The van der Waals surface area contributed by atoms with Crippen LogP contribution in [0.1, 0.15) is 18.9 Å². The summed E-state index contributed by atoms with van der Waals surface area (Å²) in [6, 6.07) is 14.9. The Balaban J connectivity index is 1.52. The van der Waals surface area contributed by atoms with Crippen molar-refractivity contribution in [1.82, 2.24) is 5.32 Å². The molecule has 0 spiro atoms. The summed E-state index contributed by atoms with van der Waals surface area (Å²) in [7, 11) is 0. The summed E-state index contributed by atoms with van der Waals surface area (Å²) in [5, 5.41) is 5.67. The number of carbonyl (C=O) groups excluding carboxylic acids is 2. The molecule has 1 fully saturated rings. The topological polar surface area (TPSA) is 70.7 Å². The first-order valence-electron chi connectivity index (χ1n) is 9.20. The molecule has 2 aromatic carbocycles. The number of benzene rings is 2. The minimum absolute atomic E-state index is 0.0895. The smallest absolute Gasteiger partial charge is 0.319 e. The summed E-state index contributed by atoms with van der Waals surface area (Å²) in [6.07, 6.45) is 0.434. The number of carbonyl (C=O) groups is 2. The average Bonchev–Trinajstić information content (AvgIpc) is 3.03. The van der Waals surface area contributed by atoms with Crippen molar-refractivity contribution in [2.75, 3.05) is 29.9 Å². The number of hydrogen-bond donors (Lipinski definition) is 2. The Morgan fingerprint density at radius 2 is 1.93 bits per heavy atom. The van der Waals surface area contributed by atoms with E-state index in [0.717, 1.165) is 11.3 Å². The summed E-state index contributed by atoms with van der Waals surface area (Å²) in [5.74, 6) is 0.816. The molecule has 6 heteroatoms. The molecular weight excluding hydrogens is 342 g/mol. The molecule has 1 aliphatic rings. The van der Waals surface area contributed by atoms with Crippen molar-refractivity contribution in [1.29, 1.82) is 0 Å². The highest BCUT2D eigenvalue weighted by Crippen LogP contribution is 2.25. The molecule has 2 N–H and O–H groups in total. The van der Waals surface area contributed by atoms with E-state index in [0.29, 0.717) is 37.6 Å². The molecule has 1 heterocycles. The van der Waals surface area contributed by atoms with Crippen LogP contribution in [-0.2, 0) is 4.79 Å². The highest BCUT2D eigenvalue weighted by Gasteiger charge is 2.30. The zero-order chi connectivity index (χ0) is 19.2. The zero-order valence-electron chi connectivity index (χ0n) is 15.7. The van der Waals surface area contributed by atoms with Crippen LogP contribution < -0.4 is 20.3 Å². The molecular formula is C21H25N3O3. The number of nitrogens with zero attached hydrogens (tertiary/aromatic N) is 1. The third-order valence-electron chi connectivity index (χ3n) is 4.54. The Bertz CT molecular complexity index is 805. The van der Waals surface area contributed by atoms with E-state index in [4.69, 9.17) is 4.74 Å². The second kappa shape index (κ2) is 8.58. The molecule has 0 unspecified atom stereocenters. The molecule has 142 valence electrons. The Hall–Kier alpha value is -3.02. The molecule has 0 radical (unpaired) electrons. The molecule has 27 heavy (non-hydrogen) atoms. The standard InChI is InChI=1S/C21H25N3O3/c1-3-27-19-7-5-4-6-18(19)23-21(26)22-13-16-12-20(25)24(14-16)17-10-8-15(2)9-11-17/h4-11,16H,3,12-14H2,1-2H3,(H2,22,23,26)/t16-/m0/s1. The van der Waals surface area contributed by atoms with Crippen molar-refractivity contribution in [3.63, 3.8) is 0 Å². The van der Waals surface area contributed by atoms with Crippen molar-refractivity contribution in [2.45, 2.75) is 20.3 Å². The van der Waals surface area contributed by atoms with Gasteiger partial charge in [0.2, 0.25) is 5.91 Å². The first-order chi connectivity index (χ1) is 13.1. The summed E-state index contributed by atoms with van der Waals surface area (Å²) in [5.41, 5.74) is 2.69. The maximum atomic E-state index is 12.3. The van der Waals surface area contributed by atoms with Gasteiger partial charge in [-0.15, -0.1) is 0 Å². The second-order valence-electron chi connectivity index (χ2n) is 6.67. The maximum absolute atomic E-state index is 12.3. The summed E-state index contributed by atoms with van der Waals surface area (Å²) < 4.78 is 5.51. The van der Waals surface area contributed by atoms with Crippen LogP contribution in [0.25, 0.3) is 0 Å². The molecule has 0 aliphatic carbocycles. The van der Waals surface area contributed by atoms with Gasteiger partial charge in [-0.25, -0.2) is 4.79 Å². The van der Waals surface area contributed by atoms with Crippen molar-refractivity contribution >= 4 is 23.3 Å². The van der Waals surface area contributed by atoms with Crippen molar-refractivity contribution in [2.24, 2.45) is 5.92 Å². The van der Waals surface area contributed by atoms with Gasteiger partial charge in [0.15, 0.2) is 0 Å². The minimum Gasteiger partial charge on any atom is -0.492 e. The lowest BCUT2D eigenvalue weighted by molar-refractivity contribution is -0.117. The van der Waals surface area contributed by atoms with Crippen molar-refractivity contribution < 1.29 is 14.3 Å². The number of hydrogen-bond acceptors (Lipinski definition) is 3. The monoisotopic (exact) mass is 367 g/mol. The molecule has 1 atom stereocenters. The van der Waals surface area contributed by atoms with Crippen LogP contribution in [-0.4, -0.2) is 31.6 Å². The van der Waals surface area contributed by atoms with Crippen LogP contribution in [0, 0.1) is 12.8 Å². The van der Waals surface area contributed by atoms with Crippen molar-refractivity contribution in [3.8, 4) is 5.75 Å². The van der Waals surface area contributed by atoms with E-state index in [1.165, 1.54) is 0 Å². The Labute approximate surface area is 159 Å². The third-order valence-corrected chi connectivity index (χ3v) is 4.54. The summed E-state index contributed by atoms with van der Waals surface area (Å²) in [6.45, 7) is 5.49. The lowest BCUT2D eigenvalue weighted by atomic mass is 10.1. The van der Waals surface area contributed by atoms with E-state index in [1.807, 2.05) is 56.3 Å². The lowest BCUT2D eigenvalue weighted by Crippen LogP contribution is -2.34. The normalized spacial score (nSPS) is 16.3. The van der Waals surface area contributed by atoms with Gasteiger partial charge in [0.1, 0.15) is 5.75 Å². The van der Waals surface area contributed by atoms with Crippen LogP contribution >= 0.6 is 0 Å². The third kappa shape index (κ3) is 4.78. The molecule has 3 amide bonds. The summed E-state index contributed by atoms with van der Waals surface area (Å²) >= 11 is 0.